The van der Waals surface area contributed by atoms with E-state index in [-0.39, 0.29) is 17.4 Å². The minimum atomic E-state index is -0.0364. The predicted molar refractivity (Wildman–Crippen MR) is 94.3 cm³/mol. The van der Waals surface area contributed by atoms with Gasteiger partial charge >= 0.3 is 0 Å². The van der Waals surface area contributed by atoms with Gasteiger partial charge in [0.2, 0.25) is 5.91 Å². The summed E-state index contributed by atoms with van der Waals surface area (Å²) in [7, 11) is 1.73. The maximum absolute atomic E-state index is 12.7. The van der Waals surface area contributed by atoms with E-state index in [0.717, 1.165) is 49.5 Å². The zero-order valence-electron chi connectivity index (χ0n) is 14.3. The summed E-state index contributed by atoms with van der Waals surface area (Å²) >= 11 is 6.19. The lowest BCUT2D eigenvalue weighted by Gasteiger charge is -2.50. The average molecular weight is 352 g/mol. The first-order valence-electron chi connectivity index (χ1n) is 8.76. The summed E-state index contributed by atoms with van der Waals surface area (Å²) in [6, 6.07) is 7.74. The van der Waals surface area contributed by atoms with E-state index in [1.165, 1.54) is 0 Å². The lowest BCUT2D eigenvalue weighted by molar-refractivity contribution is -0.162. The van der Waals surface area contributed by atoms with Crippen LogP contribution < -0.4 is 0 Å². The number of carbonyl (C=O) groups excluding carboxylic acids is 1. The van der Waals surface area contributed by atoms with E-state index in [1.807, 2.05) is 29.2 Å². The highest BCUT2D eigenvalue weighted by Crippen LogP contribution is 2.40. The monoisotopic (exact) mass is 351 g/mol. The molecule has 132 valence electrons. The number of carbonyl (C=O) groups is 1. The van der Waals surface area contributed by atoms with Crippen LogP contribution >= 0.6 is 11.6 Å². The topological polar surface area (TPSA) is 38.8 Å². The van der Waals surface area contributed by atoms with Crippen LogP contribution in [0.3, 0.4) is 0 Å². The van der Waals surface area contributed by atoms with Gasteiger partial charge in [-0.3, -0.25) is 4.79 Å². The zero-order valence-corrected chi connectivity index (χ0v) is 15.1. The zero-order chi connectivity index (χ0) is 17.0. The fourth-order valence-corrected chi connectivity index (χ4v) is 4.33. The molecule has 0 spiro atoms. The molecule has 2 fully saturated rings. The van der Waals surface area contributed by atoms with Gasteiger partial charge in [-0.25, -0.2) is 0 Å². The number of fused-ring (bicyclic) bond motifs is 1. The molecule has 0 saturated carbocycles. The van der Waals surface area contributed by atoms with Crippen molar-refractivity contribution in [2.24, 2.45) is 5.41 Å². The molecule has 1 aromatic carbocycles. The summed E-state index contributed by atoms with van der Waals surface area (Å²) in [5.74, 6) is 0.203. The van der Waals surface area contributed by atoms with Crippen LogP contribution in [-0.4, -0.2) is 50.3 Å². The van der Waals surface area contributed by atoms with Crippen LogP contribution in [0.25, 0.3) is 0 Å². The molecule has 1 amide bonds. The lowest BCUT2D eigenvalue weighted by Crippen LogP contribution is -2.58. The summed E-state index contributed by atoms with van der Waals surface area (Å²) in [6.45, 7) is 3.01. The Balaban J connectivity index is 1.62. The van der Waals surface area contributed by atoms with Crippen molar-refractivity contribution in [3.05, 3.63) is 34.9 Å². The maximum atomic E-state index is 12.7. The maximum Gasteiger partial charge on any atom is 0.222 e. The highest BCUT2D eigenvalue weighted by molar-refractivity contribution is 6.31. The van der Waals surface area contributed by atoms with Crippen LogP contribution in [0.4, 0.5) is 0 Å². The molecule has 4 nitrogen and oxygen atoms in total. The quantitative estimate of drug-likeness (QED) is 0.816. The van der Waals surface area contributed by atoms with Gasteiger partial charge in [0, 0.05) is 43.7 Å². The van der Waals surface area contributed by atoms with E-state index in [4.69, 9.17) is 21.1 Å². The molecule has 3 rings (SSSR count). The van der Waals surface area contributed by atoms with Gasteiger partial charge in [0.05, 0.1) is 12.7 Å². The van der Waals surface area contributed by atoms with E-state index in [2.05, 4.69) is 0 Å². The van der Waals surface area contributed by atoms with Gasteiger partial charge in [0.25, 0.3) is 0 Å². The molecule has 1 aromatic rings. The number of halogens is 1. The Morgan fingerprint density at radius 3 is 3.08 bits per heavy atom. The van der Waals surface area contributed by atoms with Gasteiger partial charge in [0.1, 0.15) is 0 Å². The Kier molecular flexibility index (Phi) is 5.80. The summed E-state index contributed by atoms with van der Waals surface area (Å²) < 4.78 is 11.5. The number of amides is 1. The van der Waals surface area contributed by atoms with Crippen LogP contribution in [0.15, 0.2) is 24.3 Å². The molecule has 0 aromatic heterocycles. The van der Waals surface area contributed by atoms with Crippen molar-refractivity contribution in [2.45, 2.75) is 38.2 Å². The van der Waals surface area contributed by atoms with Gasteiger partial charge in [-0.05, 0) is 37.3 Å². The van der Waals surface area contributed by atoms with E-state index in [1.54, 1.807) is 7.11 Å². The van der Waals surface area contributed by atoms with Gasteiger partial charge in [-0.1, -0.05) is 29.8 Å². The molecule has 0 unspecified atom stereocenters. The third kappa shape index (κ3) is 3.76. The molecule has 0 N–H and O–H groups in total. The molecule has 2 saturated heterocycles. The predicted octanol–water partition coefficient (Wildman–Crippen LogP) is 3.32. The third-order valence-electron chi connectivity index (χ3n) is 5.34. The van der Waals surface area contributed by atoms with Crippen molar-refractivity contribution in [1.82, 2.24) is 4.90 Å². The fraction of sp³-hybridized carbons (Fsp3) is 0.632. The Labute approximate surface area is 149 Å². The normalized spacial score (nSPS) is 26.9. The molecule has 24 heavy (non-hydrogen) atoms. The third-order valence-corrected chi connectivity index (χ3v) is 5.71. The molecule has 0 aliphatic carbocycles. The van der Waals surface area contributed by atoms with E-state index in [9.17, 15) is 4.79 Å². The number of ether oxygens (including phenoxy) is 2. The standard InChI is InChI=1S/C19H26ClNO3/c1-23-14-19-10-4-12-24-17(19)9-11-21(13-19)18(22)8-7-15-5-2-3-6-16(15)20/h2-3,5-6,17H,4,7-14H2,1H3/t17-,19+/m0/s1. The Morgan fingerprint density at radius 2 is 2.29 bits per heavy atom. The summed E-state index contributed by atoms with van der Waals surface area (Å²) in [5.41, 5.74) is 1.00. The average Bonchev–Trinajstić information content (AvgIpc) is 2.60. The van der Waals surface area contributed by atoms with Crippen molar-refractivity contribution >= 4 is 17.5 Å². The highest BCUT2D eigenvalue weighted by Gasteiger charge is 2.46. The molecule has 2 aliphatic rings. The first kappa shape index (κ1) is 17.7. The molecule has 0 bridgehead atoms. The van der Waals surface area contributed by atoms with E-state index >= 15 is 0 Å². The molecular formula is C19H26ClNO3. The fourth-order valence-electron chi connectivity index (χ4n) is 4.10. The first-order valence-corrected chi connectivity index (χ1v) is 9.14. The lowest BCUT2D eigenvalue weighted by atomic mass is 9.73. The van der Waals surface area contributed by atoms with Crippen LogP contribution in [0.2, 0.25) is 5.02 Å². The second-order valence-corrected chi connectivity index (χ2v) is 7.36. The second kappa shape index (κ2) is 7.85. The number of hydrogen-bond donors (Lipinski definition) is 0. The van der Waals surface area contributed by atoms with Crippen molar-refractivity contribution in [3.8, 4) is 0 Å². The smallest absolute Gasteiger partial charge is 0.222 e. The van der Waals surface area contributed by atoms with Crippen LogP contribution in [-0.2, 0) is 20.7 Å². The number of nitrogens with zero attached hydrogens (tertiary/aromatic N) is 1. The van der Waals surface area contributed by atoms with Crippen molar-refractivity contribution < 1.29 is 14.3 Å². The Bertz CT molecular complexity index is 575. The number of benzene rings is 1. The van der Waals surface area contributed by atoms with Crippen LogP contribution in [0.5, 0.6) is 0 Å². The SMILES string of the molecule is COC[C@]12CCCO[C@H]1CCN(C(=O)CCc1ccccc1Cl)C2. The van der Waals surface area contributed by atoms with Crippen molar-refractivity contribution in [3.63, 3.8) is 0 Å². The number of rotatable bonds is 5. The Hall–Kier alpha value is -1.10. The minimum Gasteiger partial charge on any atom is -0.384 e. The summed E-state index contributed by atoms with van der Waals surface area (Å²) in [5, 5.41) is 0.737. The number of piperidine rings is 1. The molecule has 2 aliphatic heterocycles. The van der Waals surface area contributed by atoms with E-state index < -0.39 is 0 Å². The Morgan fingerprint density at radius 1 is 1.46 bits per heavy atom. The van der Waals surface area contributed by atoms with Crippen LogP contribution in [0, 0.1) is 5.41 Å². The van der Waals surface area contributed by atoms with Crippen molar-refractivity contribution in [2.75, 3.05) is 33.4 Å². The van der Waals surface area contributed by atoms with E-state index in [0.29, 0.717) is 19.4 Å². The number of aryl methyl sites for hydroxylation is 1. The van der Waals surface area contributed by atoms with Crippen molar-refractivity contribution in [1.29, 1.82) is 0 Å². The summed E-state index contributed by atoms with van der Waals surface area (Å²) in [4.78, 5) is 14.7. The molecule has 0 radical (unpaired) electrons. The minimum absolute atomic E-state index is 0.0364. The molecule has 2 atom stereocenters. The largest absolute Gasteiger partial charge is 0.384 e. The van der Waals surface area contributed by atoms with Crippen LogP contribution in [0.1, 0.15) is 31.2 Å². The molecular weight excluding hydrogens is 326 g/mol. The summed E-state index contributed by atoms with van der Waals surface area (Å²) in [6.07, 6.45) is 4.42. The van der Waals surface area contributed by atoms with Gasteiger partial charge < -0.3 is 14.4 Å². The van der Waals surface area contributed by atoms with Gasteiger partial charge in [-0.15, -0.1) is 0 Å². The highest BCUT2D eigenvalue weighted by atomic mass is 35.5. The van der Waals surface area contributed by atoms with Gasteiger partial charge in [-0.2, -0.15) is 0 Å². The molecule has 5 heteroatoms. The molecule has 2 heterocycles. The first-order chi connectivity index (χ1) is 11.6. The number of likely N-dealkylation sites (tertiary alicyclic amines) is 1. The number of methoxy groups -OCH3 is 1. The van der Waals surface area contributed by atoms with Gasteiger partial charge in [0.15, 0.2) is 0 Å². The second-order valence-electron chi connectivity index (χ2n) is 6.95. The number of hydrogen-bond acceptors (Lipinski definition) is 3.